The first-order chi connectivity index (χ1) is 12.1. The molecule has 1 aromatic carbocycles. The largest absolute Gasteiger partial charge is 0.346 e. The summed E-state index contributed by atoms with van der Waals surface area (Å²) in [5.74, 6) is -0.914. The Bertz CT molecular complexity index is 818. The number of nitrogens with one attached hydrogen (secondary N) is 1. The van der Waals surface area contributed by atoms with Crippen LogP contribution in [-0.4, -0.2) is 34.2 Å². The van der Waals surface area contributed by atoms with Crippen LogP contribution < -0.4 is 5.32 Å². The van der Waals surface area contributed by atoms with Gasteiger partial charge < -0.3 is 5.32 Å². The third-order valence-corrected chi connectivity index (χ3v) is 4.12. The van der Waals surface area contributed by atoms with Crippen molar-refractivity contribution in [2.75, 3.05) is 6.54 Å². The molecule has 0 fully saturated rings. The van der Waals surface area contributed by atoms with Crippen LogP contribution >= 0.6 is 0 Å². The van der Waals surface area contributed by atoms with Gasteiger partial charge in [0.1, 0.15) is 0 Å². The second-order valence-electron chi connectivity index (χ2n) is 5.88. The zero-order valence-corrected chi connectivity index (χ0v) is 14.0. The standard InChI is InChI=1S/C19H19N3O3/c1-2-3-10-22-18(24)15-8-7-13(11-16(15)19(22)25)17(23)21-12-14-6-4-5-9-20-14/h4-9,11H,2-3,10,12H2,1H3,(H,21,23). The van der Waals surface area contributed by atoms with Gasteiger partial charge in [0.05, 0.1) is 23.4 Å². The van der Waals surface area contributed by atoms with Crippen molar-refractivity contribution in [3.8, 4) is 0 Å². The van der Waals surface area contributed by atoms with Crippen LogP contribution in [-0.2, 0) is 6.54 Å². The SMILES string of the molecule is CCCCN1C(=O)c2ccc(C(=O)NCc3ccccn3)cc2C1=O. The Kier molecular flexibility index (Phi) is 4.88. The molecule has 3 amide bonds. The Balaban J connectivity index is 1.74. The summed E-state index contributed by atoms with van der Waals surface area (Å²) in [6.45, 7) is 2.71. The van der Waals surface area contributed by atoms with Gasteiger partial charge in [-0.15, -0.1) is 0 Å². The van der Waals surface area contributed by atoms with Gasteiger partial charge in [-0.2, -0.15) is 0 Å². The lowest BCUT2D eigenvalue weighted by Gasteiger charge is -2.12. The van der Waals surface area contributed by atoms with E-state index in [2.05, 4.69) is 10.3 Å². The number of fused-ring (bicyclic) bond motifs is 1. The molecular formula is C19H19N3O3. The number of imide groups is 1. The average molecular weight is 337 g/mol. The van der Waals surface area contributed by atoms with Gasteiger partial charge >= 0.3 is 0 Å². The second kappa shape index (κ2) is 7.25. The first-order valence-electron chi connectivity index (χ1n) is 8.30. The van der Waals surface area contributed by atoms with Crippen molar-refractivity contribution in [1.29, 1.82) is 0 Å². The Morgan fingerprint density at radius 3 is 2.64 bits per heavy atom. The molecule has 1 aromatic heterocycles. The number of hydrogen-bond donors (Lipinski definition) is 1. The van der Waals surface area contributed by atoms with E-state index in [0.29, 0.717) is 29.8 Å². The summed E-state index contributed by atoms with van der Waals surface area (Å²) < 4.78 is 0. The summed E-state index contributed by atoms with van der Waals surface area (Å²) in [4.78, 5) is 42.4. The first-order valence-corrected chi connectivity index (χ1v) is 8.30. The maximum Gasteiger partial charge on any atom is 0.261 e. The van der Waals surface area contributed by atoms with E-state index in [1.54, 1.807) is 24.4 Å². The maximum absolute atomic E-state index is 12.4. The molecule has 1 aliphatic rings. The topological polar surface area (TPSA) is 79.4 Å². The van der Waals surface area contributed by atoms with Gasteiger partial charge in [0.2, 0.25) is 0 Å². The van der Waals surface area contributed by atoms with Gasteiger partial charge in [-0.3, -0.25) is 24.3 Å². The molecule has 0 bridgehead atoms. The minimum absolute atomic E-state index is 0.283. The number of benzene rings is 1. The molecule has 25 heavy (non-hydrogen) atoms. The molecule has 0 saturated heterocycles. The molecule has 0 saturated carbocycles. The Morgan fingerprint density at radius 2 is 1.92 bits per heavy atom. The first kappa shape index (κ1) is 16.8. The number of rotatable bonds is 6. The van der Waals surface area contributed by atoms with Crippen molar-refractivity contribution in [1.82, 2.24) is 15.2 Å². The monoisotopic (exact) mass is 337 g/mol. The summed E-state index contributed by atoms with van der Waals surface area (Å²) in [5, 5.41) is 2.77. The number of pyridine rings is 1. The van der Waals surface area contributed by atoms with Crippen LogP contribution in [0, 0.1) is 0 Å². The highest BCUT2D eigenvalue weighted by Gasteiger charge is 2.35. The molecule has 0 atom stereocenters. The highest BCUT2D eigenvalue weighted by Crippen LogP contribution is 2.24. The molecule has 0 aliphatic carbocycles. The van der Waals surface area contributed by atoms with Crippen molar-refractivity contribution in [2.24, 2.45) is 0 Å². The van der Waals surface area contributed by atoms with Crippen LogP contribution in [0.4, 0.5) is 0 Å². The molecule has 6 heteroatoms. The second-order valence-corrected chi connectivity index (χ2v) is 5.88. The average Bonchev–Trinajstić information content (AvgIpc) is 2.89. The van der Waals surface area contributed by atoms with E-state index >= 15 is 0 Å². The molecule has 0 unspecified atom stereocenters. The molecule has 1 N–H and O–H groups in total. The minimum atomic E-state index is -0.326. The molecule has 0 spiro atoms. The Hall–Kier alpha value is -3.02. The highest BCUT2D eigenvalue weighted by molar-refractivity contribution is 6.22. The maximum atomic E-state index is 12.4. The number of hydrogen-bond acceptors (Lipinski definition) is 4. The number of carbonyl (C=O) groups excluding carboxylic acids is 3. The number of aromatic nitrogens is 1. The summed E-state index contributed by atoms with van der Waals surface area (Å²) in [6, 6.07) is 10.1. The summed E-state index contributed by atoms with van der Waals surface area (Å²) in [6.07, 6.45) is 3.32. The zero-order valence-electron chi connectivity index (χ0n) is 14.0. The normalized spacial score (nSPS) is 13.1. The molecule has 0 radical (unpaired) electrons. The van der Waals surface area contributed by atoms with Crippen LogP contribution in [0.25, 0.3) is 0 Å². The van der Waals surface area contributed by atoms with E-state index in [-0.39, 0.29) is 17.7 Å². The molecule has 2 heterocycles. The summed E-state index contributed by atoms with van der Waals surface area (Å²) in [5.41, 5.74) is 1.76. The summed E-state index contributed by atoms with van der Waals surface area (Å²) in [7, 11) is 0. The number of carbonyl (C=O) groups is 3. The van der Waals surface area contributed by atoms with E-state index in [1.165, 1.54) is 11.0 Å². The molecular weight excluding hydrogens is 318 g/mol. The van der Waals surface area contributed by atoms with Crippen molar-refractivity contribution in [3.05, 3.63) is 65.0 Å². The Morgan fingerprint density at radius 1 is 1.12 bits per heavy atom. The molecule has 2 aromatic rings. The van der Waals surface area contributed by atoms with Gasteiger partial charge in [-0.05, 0) is 36.8 Å². The number of unbranched alkanes of at least 4 members (excludes halogenated alkanes) is 1. The predicted octanol–water partition coefficient (Wildman–Crippen LogP) is 2.41. The van der Waals surface area contributed by atoms with Crippen LogP contribution in [0.3, 0.4) is 0 Å². The van der Waals surface area contributed by atoms with Crippen LogP contribution in [0.15, 0.2) is 42.6 Å². The van der Waals surface area contributed by atoms with Crippen molar-refractivity contribution in [3.63, 3.8) is 0 Å². The smallest absolute Gasteiger partial charge is 0.261 e. The molecule has 128 valence electrons. The quantitative estimate of drug-likeness (QED) is 0.821. The van der Waals surface area contributed by atoms with Gasteiger partial charge in [0.25, 0.3) is 17.7 Å². The third-order valence-electron chi connectivity index (χ3n) is 4.12. The molecule has 1 aliphatic heterocycles. The zero-order chi connectivity index (χ0) is 17.8. The van der Waals surface area contributed by atoms with Gasteiger partial charge in [0, 0.05) is 18.3 Å². The van der Waals surface area contributed by atoms with Crippen molar-refractivity contribution in [2.45, 2.75) is 26.3 Å². The van der Waals surface area contributed by atoms with Crippen LogP contribution in [0.1, 0.15) is 56.5 Å². The van der Waals surface area contributed by atoms with E-state index in [4.69, 9.17) is 0 Å². The van der Waals surface area contributed by atoms with E-state index < -0.39 is 0 Å². The molecule has 3 rings (SSSR count). The third kappa shape index (κ3) is 3.42. The van der Waals surface area contributed by atoms with Crippen molar-refractivity contribution < 1.29 is 14.4 Å². The lowest BCUT2D eigenvalue weighted by Crippen LogP contribution is -2.30. The lowest BCUT2D eigenvalue weighted by molar-refractivity contribution is 0.0652. The highest BCUT2D eigenvalue weighted by atomic mass is 16.2. The number of nitrogens with zero attached hydrogens (tertiary/aromatic N) is 2. The van der Waals surface area contributed by atoms with E-state index in [0.717, 1.165) is 18.5 Å². The summed E-state index contributed by atoms with van der Waals surface area (Å²) >= 11 is 0. The molecule has 6 nitrogen and oxygen atoms in total. The van der Waals surface area contributed by atoms with E-state index in [1.807, 2.05) is 19.1 Å². The van der Waals surface area contributed by atoms with Gasteiger partial charge in [-0.1, -0.05) is 19.4 Å². The minimum Gasteiger partial charge on any atom is -0.346 e. The van der Waals surface area contributed by atoms with Crippen molar-refractivity contribution >= 4 is 17.7 Å². The van der Waals surface area contributed by atoms with Crippen LogP contribution in [0.5, 0.6) is 0 Å². The Labute approximate surface area is 145 Å². The lowest BCUT2D eigenvalue weighted by atomic mass is 10.1. The number of amides is 3. The fourth-order valence-electron chi connectivity index (χ4n) is 2.73. The van der Waals surface area contributed by atoms with E-state index in [9.17, 15) is 14.4 Å². The van der Waals surface area contributed by atoms with Crippen LogP contribution in [0.2, 0.25) is 0 Å². The van der Waals surface area contributed by atoms with Gasteiger partial charge in [0.15, 0.2) is 0 Å². The fourth-order valence-corrected chi connectivity index (χ4v) is 2.73. The predicted molar refractivity (Wildman–Crippen MR) is 92.1 cm³/mol. The van der Waals surface area contributed by atoms with Gasteiger partial charge in [-0.25, -0.2) is 0 Å². The fraction of sp³-hybridized carbons (Fsp3) is 0.263.